The second kappa shape index (κ2) is 9.82. The third kappa shape index (κ3) is 5.64. The molecule has 0 bridgehead atoms. The Morgan fingerprint density at radius 2 is 1.97 bits per heavy atom. The lowest BCUT2D eigenvalue weighted by Gasteiger charge is -2.32. The maximum absolute atomic E-state index is 12.7. The van der Waals surface area contributed by atoms with E-state index in [0.29, 0.717) is 54.9 Å². The summed E-state index contributed by atoms with van der Waals surface area (Å²) >= 11 is 12.0. The van der Waals surface area contributed by atoms with Gasteiger partial charge in [-0.25, -0.2) is 13.1 Å². The first kappa shape index (κ1) is 23.3. The van der Waals surface area contributed by atoms with E-state index in [4.69, 9.17) is 27.9 Å². The smallest absolute Gasteiger partial charge is 0.245 e. The molecule has 2 amide bonds. The maximum atomic E-state index is 12.7. The highest BCUT2D eigenvalue weighted by Gasteiger charge is 2.39. The number of nitrogens with zero attached hydrogens (tertiary/aromatic N) is 2. The van der Waals surface area contributed by atoms with Gasteiger partial charge in [0, 0.05) is 29.7 Å². The van der Waals surface area contributed by atoms with E-state index in [1.54, 1.807) is 30.0 Å². The first-order chi connectivity index (χ1) is 14.2. The van der Waals surface area contributed by atoms with Gasteiger partial charge in [0.25, 0.3) is 0 Å². The molecule has 0 aromatic heterocycles. The summed E-state index contributed by atoms with van der Waals surface area (Å²) in [5.74, 6) is -0.731. The van der Waals surface area contributed by atoms with E-state index >= 15 is 0 Å². The first-order valence-corrected chi connectivity index (χ1v) is 12.2. The Labute approximate surface area is 186 Å². The topological polar surface area (TPSA) is 96.0 Å². The maximum Gasteiger partial charge on any atom is 0.245 e. The number of halogens is 2. The Morgan fingerprint density at radius 1 is 1.27 bits per heavy atom. The summed E-state index contributed by atoms with van der Waals surface area (Å²) in [6.07, 6.45) is 0.516. The number of carbonyl (C=O) groups excluding carboxylic acids is 2. The fourth-order valence-electron chi connectivity index (χ4n) is 3.62. The number of morpholine rings is 1. The molecule has 0 radical (unpaired) electrons. The molecule has 2 fully saturated rings. The minimum Gasteiger partial charge on any atom is -0.378 e. The summed E-state index contributed by atoms with van der Waals surface area (Å²) in [5.41, 5.74) is 0.663. The number of ether oxygens (including phenoxy) is 1. The van der Waals surface area contributed by atoms with Crippen LogP contribution in [0.15, 0.2) is 18.2 Å². The summed E-state index contributed by atoms with van der Waals surface area (Å²) in [6.45, 7) is 3.95. The normalized spacial score (nSPS) is 21.2. The molecule has 0 saturated carbocycles. The Bertz CT molecular complexity index is 905. The molecular formula is C19H25Cl2N3O5S. The highest BCUT2D eigenvalue weighted by Crippen LogP contribution is 2.22. The number of rotatable bonds is 7. The molecule has 166 valence electrons. The average Bonchev–Trinajstić information content (AvgIpc) is 3.06. The Kier molecular flexibility index (Phi) is 7.62. The number of amides is 2. The van der Waals surface area contributed by atoms with E-state index in [2.05, 4.69) is 4.72 Å². The third-order valence-electron chi connectivity index (χ3n) is 5.36. The lowest BCUT2D eigenvalue weighted by atomic mass is 10.2. The van der Waals surface area contributed by atoms with Gasteiger partial charge in [-0.2, -0.15) is 0 Å². The van der Waals surface area contributed by atoms with Crippen molar-refractivity contribution in [3.63, 3.8) is 0 Å². The molecule has 2 heterocycles. The lowest BCUT2D eigenvalue weighted by molar-refractivity contribution is -0.146. The Hall–Kier alpha value is -1.39. The SMILES string of the molecule is C[C@@H](C(=O)N1CCOCC1)N1CC[C@H](NS(=O)(=O)CCc2ccc(Cl)cc2Cl)C1=O. The van der Waals surface area contributed by atoms with Crippen molar-refractivity contribution in [1.29, 1.82) is 0 Å². The van der Waals surface area contributed by atoms with E-state index < -0.39 is 22.1 Å². The fraction of sp³-hybridized carbons (Fsp3) is 0.579. The van der Waals surface area contributed by atoms with Crippen LogP contribution in [0.1, 0.15) is 18.9 Å². The lowest BCUT2D eigenvalue weighted by Crippen LogP contribution is -2.52. The van der Waals surface area contributed by atoms with Crippen LogP contribution in [0, 0.1) is 0 Å². The third-order valence-corrected chi connectivity index (χ3v) is 7.34. The summed E-state index contributed by atoms with van der Waals surface area (Å²) in [7, 11) is -3.71. The zero-order chi connectivity index (χ0) is 21.9. The number of likely N-dealkylation sites (tertiary alicyclic amines) is 1. The summed E-state index contributed by atoms with van der Waals surface area (Å²) < 4.78 is 32.7. The van der Waals surface area contributed by atoms with Crippen LogP contribution in [0.2, 0.25) is 10.0 Å². The number of nitrogens with one attached hydrogen (secondary N) is 1. The quantitative estimate of drug-likeness (QED) is 0.638. The number of sulfonamides is 1. The zero-order valence-electron chi connectivity index (χ0n) is 16.6. The number of hydrogen-bond acceptors (Lipinski definition) is 5. The average molecular weight is 478 g/mol. The van der Waals surface area contributed by atoms with E-state index in [1.165, 1.54) is 4.90 Å². The molecule has 30 heavy (non-hydrogen) atoms. The molecule has 0 spiro atoms. The minimum atomic E-state index is -3.71. The van der Waals surface area contributed by atoms with Crippen molar-refractivity contribution in [2.45, 2.75) is 31.8 Å². The van der Waals surface area contributed by atoms with Gasteiger partial charge in [0.1, 0.15) is 12.1 Å². The van der Waals surface area contributed by atoms with Crippen molar-refractivity contribution in [3.05, 3.63) is 33.8 Å². The van der Waals surface area contributed by atoms with Gasteiger partial charge in [-0.05, 0) is 37.5 Å². The molecule has 0 aliphatic carbocycles. The molecule has 11 heteroatoms. The van der Waals surface area contributed by atoms with Crippen LogP contribution in [0.4, 0.5) is 0 Å². The van der Waals surface area contributed by atoms with Crippen molar-refractivity contribution in [3.8, 4) is 0 Å². The standard InChI is InChI=1S/C19H25Cl2N3O5S/c1-13(18(25)23-7-9-29-10-8-23)24-6-4-17(19(24)26)22-30(27,28)11-5-14-2-3-15(20)12-16(14)21/h2-3,12-13,17,22H,4-11H2,1H3/t13-,17-/m0/s1. The van der Waals surface area contributed by atoms with Crippen LogP contribution in [-0.4, -0.2) is 80.7 Å². The van der Waals surface area contributed by atoms with E-state index in [1.807, 2.05) is 0 Å². The largest absolute Gasteiger partial charge is 0.378 e. The van der Waals surface area contributed by atoms with Gasteiger partial charge in [-0.1, -0.05) is 29.3 Å². The molecule has 2 aliphatic heterocycles. The van der Waals surface area contributed by atoms with Crippen LogP contribution in [0.3, 0.4) is 0 Å². The van der Waals surface area contributed by atoms with Crippen molar-refractivity contribution in [2.75, 3.05) is 38.6 Å². The molecule has 1 aromatic rings. The van der Waals surface area contributed by atoms with Gasteiger partial charge >= 0.3 is 0 Å². The van der Waals surface area contributed by atoms with E-state index in [9.17, 15) is 18.0 Å². The molecule has 2 atom stereocenters. The summed E-state index contributed by atoms with van der Waals surface area (Å²) in [6, 6.07) is 3.38. The highest BCUT2D eigenvalue weighted by molar-refractivity contribution is 7.89. The molecule has 1 N–H and O–H groups in total. The first-order valence-electron chi connectivity index (χ1n) is 9.79. The summed E-state index contributed by atoms with van der Waals surface area (Å²) in [5, 5.41) is 0.874. The van der Waals surface area contributed by atoms with Gasteiger partial charge < -0.3 is 14.5 Å². The van der Waals surface area contributed by atoms with E-state index in [0.717, 1.165) is 0 Å². The molecule has 2 aliphatic rings. The predicted molar refractivity (Wildman–Crippen MR) is 114 cm³/mol. The monoisotopic (exact) mass is 477 g/mol. The molecule has 0 unspecified atom stereocenters. The van der Waals surface area contributed by atoms with Gasteiger partial charge in [0.05, 0.1) is 19.0 Å². The predicted octanol–water partition coefficient (Wildman–Crippen LogP) is 1.30. The Morgan fingerprint density at radius 3 is 2.63 bits per heavy atom. The van der Waals surface area contributed by atoms with Crippen LogP contribution >= 0.6 is 23.2 Å². The van der Waals surface area contributed by atoms with Gasteiger partial charge in [0.15, 0.2) is 0 Å². The van der Waals surface area contributed by atoms with Gasteiger partial charge in [-0.15, -0.1) is 0 Å². The second-order valence-electron chi connectivity index (χ2n) is 7.41. The van der Waals surface area contributed by atoms with Crippen LogP contribution < -0.4 is 4.72 Å². The molecule has 3 rings (SSSR count). The van der Waals surface area contributed by atoms with Gasteiger partial charge in [0.2, 0.25) is 21.8 Å². The van der Waals surface area contributed by atoms with E-state index in [-0.39, 0.29) is 24.0 Å². The van der Waals surface area contributed by atoms with Crippen molar-refractivity contribution in [1.82, 2.24) is 14.5 Å². The number of hydrogen-bond donors (Lipinski definition) is 1. The van der Waals surface area contributed by atoms with Crippen molar-refractivity contribution in [2.24, 2.45) is 0 Å². The van der Waals surface area contributed by atoms with Crippen LogP contribution in [0.25, 0.3) is 0 Å². The fourth-order valence-corrected chi connectivity index (χ4v) is 5.38. The molecule has 1 aromatic carbocycles. The van der Waals surface area contributed by atoms with Crippen molar-refractivity contribution >= 4 is 45.0 Å². The second-order valence-corrected chi connectivity index (χ2v) is 10.1. The van der Waals surface area contributed by atoms with Crippen LogP contribution in [-0.2, 0) is 30.8 Å². The molecular weight excluding hydrogens is 453 g/mol. The summed E-state index contributed by atoms with van der Waals surface area (Å²) in [4.78, 5) is 28.5. The molecule has 2 saturated heterocycles. The minimum absolute atomic E-state index is 0.146. The zero-order valence-corrected chi connectivity index (χ0v) is 19.0. The highest BCUT2D eigenvalue weighted by atomic mass is 35.5. The number of carbonyl (C=O) groups is 2. The van der Waals surface area contributed by atoms with Gasteiger partial charge in [-0.3, -0.25) is 9.59 Å². The molecule has 8 nitrogen and oxygen atoms in total. The number of aryl methyl sites for hydroxylation is 1. The van der Waals surface area contributed by atoms with Crippen LogP contribution in [0.5, 0.6) is 0 Å². The van der Waals surface area contributed by atoms with Crippen molar-refractivity contribution < 1.29 is 22.7 Å². The Balaban J connectivity index is 1.56. The number of benzene rings is 1.